The van der Waals surface area contributed by atoms with Crippen LogP contribution in [0.25, 0.3) is 16.6 Å². The Morgan fingerprint density at radius 3 is 2.76 bits per heavy atom. The molecule has 0 saturated carbocycles. The Morgan fingerprint density at radius 2 is 2.08 bits per heavy atom. The molecule has 0 aliphatic carbocycles. The molecule has 25 heavy (non-hydrogen) atoms. The van der Waals surface area contributed by atoms with Gasteiger partial charge in [0.05, 0.1) is 30.1 Å². The van der Waals surface area contributed by atoms with E-state index in [2.05, 4.69) is 27.1 Å². The van der Waals surface area contributed by atoms with Crippen molar-refractivity contribution in [3.05, 3.63) is 42.4 Å². The predicted octanol–water partition coefficient (Wildman–Crippen LogP) is 3.27. The Hall–Kier alpha value is -3.07. The van der Waals surface area contributed by atoms with Crippen molar-refractivity contribution in [2.45, 2.75) is 19.8 Å². The summed E-state index contributed by atoms with van der Waals surface area (Å²) in [4.78, 5) is 6.93. The van der Waals surface area contributed by atoms with E-state index in [9.17, 15) is 5.26 Å². The first-order valence-electron chi connectivity index (χ1n) is 8.56. The standard InChI is InChI=1S/C19H19N5O/c1-2-25-16-9-17(19-15(10-20)12-22-24(19)13-16)14-5-6-18(21-11-14)23-7-3-4-8-23/h5-6,9,11-13H,2-4,7-8H2,1H3. The van der Waals surface area contributed by atoms with Crippen molar-refractivity contribution in [3.63, 3.8) is 0 Å². The highest BCUT2D eigenvalue weighted by atomic mass is 16.5. The van der Waals surface area contributed by atoms with Crippen LogP contribution in [0.15, 0.2) is 36.8 Å². The van der Waals surface area contributed by atoms with Crippen molar-refractivity contribution < 1.29 is 4.74 Å². The molecule has 0 atom stereocenters. The minimum Gasteiger partial charge on any atom is -0.492 e. The number of nitriles is 1. The number of nitrogens with zero attached hydrogens (tertiary/aromatic N) is 5. The van der Waals surface area contributed by atoms with E-state index in [-0.39, 0.29) is 0 Å². The number of ether oxygens (including phenoxy) is 1. The summed E-state index contributed by atoms with van der Waals surface area (Å²) in [7, 11) is 0. The molecule has 4 heterocycles. The Bertz CT molecular complexity index is 933. The zero-order valence-corrected chi connectivity index (χ0v) is 14.1. The quantitative estimate of drug-likeness (QED) is 0.733. The van der Waals surface area contributed by atoms with E-state index in [1.54, 1.807) is 16.9 Å². The SMILES string of the molecule is CCOc1cc(-c2ccc(N3CCCC3)nc2)c2c(C#N)cnn2c1. The van der Waals surface area contributed by atoms with Crippen molar-refractivity contribution >= 4 is 11.3 Å². The van der Waals surface area contributed by atoms with Crippen molar-refractivity contribution in [2.75, 3.05) is 24.6 Å². The minimum absolute atomic E-state index is 0.543. The number of pyridine rings is 2. The van der Waals surface area contributed by atoms with E-state index in [1.807, 2.05) is 25.3 Å². The molecule has 6 heteroatoms. The second-order valence-corrected chi connectivity index (χ2v) is 6.08. The van der Waals surface area contributed by atoms with E-state index >= 15 is 0 Å². The maximum atomic E-state index is 9.40. The van der Waals surface area contributed by atoms with Gasteiger partial charge >= 0.3 is 0 Å². The molecule has 3 aromatic heterocycles. The van der Waals surface area contributed by atoms with Crippen LogP contribution in [0.5, 0.6) is 5.75 Å². The Kier molecular flexibility index (Phi) is 3.98. The van der Waals surface area contributed by atoms with Gasteiger partial charge in [0.15, 0.2) is 0 Å². The van der Waals surface area contributed by atoms with Gasteiger partial charge < -0.3 is 9.64 Å². The largest absolute Gasteiger partial charge is 0.492 e. The summed E-state index contributed by atoms with van der Waals surface area (Å²) in [6, 6.07) is 8.27. The number of rotatable bonds is 4. The predicted molar refractivity (Wildman–Crippen MR) is 95.8 cm³/mol. The normalized spacial score (nSPS) is 14.0. The third-order valence-corrected chi connectivity index (χ3v) is 4.51. The number of aromatic nitrogens is 3. The van der Waals surface area contributed by atoms with Gasteiger partial charge in [-0.3, -0.25) is 0 Å². The monoisotopic (exact) mass is 333 g/mol. The van der Waals surface area contributed by atoms with Gasteiger partial charge in [-0.2, -0.15) is 10.4 Å². The van der Waals surface area contributed by atoms with Crippen molar-refractivity contribution in [2.24, 2.45) is 0 Å². The number of hydrogen-bond donors (Lipinski definition) is 0. The van der Waals surface area contributed by atoms with Crippen LogP contribution in [0.1, 0.15) is 25.3 Å². The van der Waals surface area contributed by atoms with E-state index in [4.69, 9.17) is 4.74 Å². The highest BCUT2D eigenvalue weighted by Gasteiger charge is 2.16. The fourth-order valence-corrected chi connectivity index (χ4v) is 3.32. The lowest BCUT2D eigenvalue weighted by Crippen LogP contribution is -2.18. The topological polar surface area (TPSA) is 66.5 Å². The third-order valence-electron chi connectivity index (χ3n) is 4.51. The molecule has 0 aromatic carbocycles. The van der Waals surface area contributed by atoms with Crippen LogP contribution >= 0.6 is 0 Å². The van der Waals surface area contributed by atoms with E-state index in [1.165, 1.54) is 12.8 Å². The summed E-state index contributed by atoms with van der Waals surface area (Å²) in [6.45, 7) is 4.65. The molecule has 1 aliphatic heterocycles. The molecule has 1 aliphatic rings. The summed E-state index contributed by atoms with van der Waals surface area (Å²) >= 11 is 0. The fourth-order valence-electron chi connectivity index (χ4n) is 3.32. The molecule has 6 nitrogen and oxygen atoms in total. The van der Waals surface area contributed by atoms with Gasteiger partial charge in [-0.1, -0.05) is 0 Å². The van der Waals surface area contributed by atoms with Crippen LogP contribution in [0, 0.1) is 11.3 Å². The van der Waals surface area contributed by atoms with Crippen LogP contribution in [0.2, 0.25) is 0 Å². The molecule has 0 bridgehead atoms. The van der Waals surface area contributed by atoms with Crippen molar-refractivity contribution in [1.29, 1.82) is 5.26 Å². The molecular formula is C19H19N5O. The summed E-state index contributed by atoms with van der Waals surface area (Å²) in [5, 5.41) is 13.7. The molecule has 3 aromatic rings. The first-order chi connectivity index (χ1) is 12.3. The smallest absolute Gasteiger partial charge is 0.138 e. The van der Waals surface area contributed by atoms with Crippen molar-refractivity contribution in [3.8, 4) is 22.9 Å². The second kappa shape index (κ2) is 6.44. The summed E-state index contributed by atoms with van der Waals surface area (Å²) < 4.78 is 7.35. The lowest BCUT2D eigenvalue weighted by molar-refractivity contribution is 0.338. The Morgan fingerprint density at radius 1 is 1.24 bits per heavy atom. The summed E-state index contributed by atoms with van der Waals surface area (Å²) in [5.74, 6) is 1.73. The highest BCUT2D eigenvalue weighted by molar-refractivity contribution is 5.85. The molecular weight excluding hydrogens is 314 g/mol. The van der Waals surface area contributed by atoms with E-state index < -0.39 is 0 Å². The fraction of sp³-hybridized carbons (Fsp3) is 0.316. The van der Waals surface area contributed by atoms with Crippen LogP contribution < -0.4 is 9.64 Å². The molecule has 126 valence electrons. The maximum absolute atomic E-state index is 9.40. The van der Waals surface area contributed by atoms with E-state index in [0.29, 0.717) is 12.2 Å². The average Bonchev–Trinajstić information content (AvgIpc) is 3.31. The summed E-state index contributed by atoms with van der Waals surface area (Å²) in [6.07, 6.45) is 7.70. The lowest BCUT2D eigenvalue weighted by Gasteiger charge is -2.16. The third kappa shape index (κ3) is 2.78. The first kappa shape index (κ1) is 15.5. The molecule has 1 saturated heterocycles. The number of hydrogen-bond acceptors (Lipinski definition) is 5. The van der Waals surface area contributed by atoms with Crippen LogP contribution in [0.4, 0.5) is 5.82 Å². The van der Waals surface area contributed by atoms with Crippen LogP contribution in [-0.4, -0.2) is 34.3 Å². The van der Waals surface area contributed by atoms with Crippen LogP contribution in [0.3, 0.4) is 0 Å². The minimum atomic E-state index is 0.543. The van der Waals surface area contributed by atoms with E-state index in [0.717, 1.165) is 41.3 Å². The number of anilines is 1. The molecule has 0 N–H and O–H groups in total. The molecule has 4 rings (SSSR count). The van der Waals surface area contributed by atoms with Gasteiger partial charge in [0.2, 0.25) is 0 Å². The lowest BCUT2D eigenvalue weighted by atomic mass is 10.1. The molecule has 0 spiro atoms. The Labute approximate surface area is 146 Å². The van der Waals surface area contributed by atoms with Gasteiger partial charge in [0.25, 0.3) is 0 Å². The highest BCUT2D eigenvalue weighted by Crippen LogP contribution is 2.31. The average molecular weight is 333 g/mol. The first-order valence-corrected chi connectivity index (χ1v) is 8.56. The van der Waals surface area contributed by atoms with Gasteiger partial charge in [-0.15, -0.1) is 0 Å². The molecule has 0 radical (unpaired) electrons. The van der Waals surface area contributed by atoms with Gasteiger partial charge in [-0.25, -0.2) is 9.50 Å². The zero-order chi connectivity index (χ0) is 17.2. The van der Waals surface area contributed by atoms with Crippen molar-refractivity contribution in [1.82, 2.24) is 14.6 Å². The number of fused-ring (bicyclic) bond motifs is 1. The second-order valence-electron chi connectivity index (χ2n) is 6.08. The molecule has 1 fully saturated rings. The molecule has 0 amide bonds. The van der Waals surface area contributed by atoms with Gasteiger partial charge in [-0.05, 0) is 38.0 Å². The summed E-state index contributed by atoms with van der Waals surface area (Å²) in [5.41, 5.74) is 3.18. The Balaban J connectivity index is 1.81. The van der Waals surface area contributed by atoms with Gasteiger partial charge in [0.1, 0.15) is 17.6 Å². The molecule has 0 unspecified atom stereocenters. The zero-order valence-electron chi connectivity index (χ0n) is 14.1. The van der Waals surface area contributed by atoms with Gasteiger partial charge in [0, 0.05) is 30.4 Å². The van der Waals surface area contributed by atoms with Crippen LogP contribution in [-0.2, 0) is 0 Å². The maximum Gasteiger partial charge on any atom is 0.138 e.